The van der Waals surface area contributed by atoms with E-state index in [0.29, 0.717) is 16.0 Å². The largest absolute Gasteiger partial charge is 0.480 e. The van der Waals surface area contributed by atoms with Gasteiger partial charge in [-0.3, -0.25) is 9.79 Å². The Morgan fingerprint density at radius 3 is 2.60 bits per heavy atom. The zero-order chi connectivity index (χ0) is 19.2. The molecule has 2 unspecified atom stereocenters. The Labute approximate surface area is 152 Å². The van der Waals surface area contributed by atoms with Crippen molar-refractivity contribution >= 4 is 43.4 Å². The van der Waals surface area contributed by atoms with Crippen molar-refractivity contribution in [2.24, 2.45) is 10.7 Å². The van der Waals surface area contributed by atoms with Crippen molar-refractivity contribution in [3.63, 3.8) is 0 Å². The van der Waals surface area contributed by atoms with Crippen LogP contribution in [0.15, 0.2) is 23.2 Å². The Balaban J connectivity index is 3.09. The van der Waals surface area contributed by atoms with E-state index >= 15 is 0 Å². The van der Waals surface area contributed by atoms with E-state index in [2.05, 4.69) is 29.5 Å². The monoisotopic (exact) mass is 363 g/mol. The second-order valence-electron chi connectivity index (χ2n) is 6.65. The first kappa shape index (κ1) is 20.9. The lowest BCUT2D eigenvalue weighted by atomic mass is 10.1. The number of rotatable bonds is 6. The smallest absolute Gasteiger partial charge is 0.327 e. The first-order valence-corrected chi connectivity index (χ1v) is 8.43. The second kappa shape index (κ2) is 8.82. The predicted molar refractivity (Wildman–Crippen MR) is 105 cm³/mol. The third kappa shape index (κ3) is 7.11. The van der Waals surface area contributed by atoms with E-state index in [9.17, 15) is 9.59 Å². The number of nitrogens with zero attached hydrogens (tertiary/aromatic N) is 1. The van der Waals surface area contributed by atoms with E-state index in [1.807, 2.05) is 20.8 Å². The number of benzene rings is 1. The highest BCUT2D eigenvalue weighted by atomic mass is 32.1. The van der Waals surface area contributed by atoms with Gasteiger partial charge in [0, 0.05) is 17.5 Å². The van der Waals surface area contributed by atoms with Crippen LogP contribution in [-0.2, 0) is 4.79 Å². The summed E-state index contributed by atoms with van der Waals surface area (Å²) in [5.41, 5.74) is 6.13. The van der Waals surface area contributed by atoms with Crippen molar-refractivity contribution in [3.8, 4) is 0 Å². The number of nitrogens with one attached hydrogen (secondary N) is 1. The minimum atomic E-state index is -1.13. The van der Waals surface area contributed by atoms with E-state index in [-0.39, 0.29) is 11.3 Å². The molecule has 0 fully saturated rings. The number of nitrogens with two attached hydrogens (primary N) is 1. The molecule has 2 atom stereocenters. The summed E-state index contributed by atoms with van der Waals surface area (Å²) < 4.78 is 0. The fraction of sp³-hybridized carbons (Fsp3) is 0.389. The highest BCUT2D eigenvalue weighted by molar-refractivity contribution is 7.80. The quantitative estimate of drug-likeness (QED) is 0.428. The van der Waals surface area contributed by atoms with Gasteiger partial charge >= 0.3 is 5.97 Å². The average Bonchev–Trinajstić information content (AvgIpc) is 2.51. The summed E-state index contributed by atoms with van der Waals surface area (Å²) >= 11 is 3.93. The molecule has 0 spiro atoms. The molecular weight excluding hydrogens is 338 g/mol. The SMILES string of the molecule is C=c1ccc(C(=O)NC(CS)C(=O)O)c/c1=C/C(N)/C=N\C(C)(C)C. The van der Waals surface area contributed by atoms with Crippen LogP contribution < -0.4 is 21.5 Å². The van der Waals surface area contributed by atoms with Crippen molar-refractivity contribution < 1.29 is 14.7 Å². The molecule has 0 heterocycles. The molecule has 1 aromatic carbocycles. The molecule has 136 valence electrons. The summed E-state index contributed by atoms with van der Waals surface area (Å²) in [6, 6.07) is 3.41. The van der Waals surface area contributed by atoms with Crippen LogP contribution in [0.5, 0.6) is 0 Å². The van der Waals surface area contributed by atoms with Gasteiger partial charge in [-0.15, -0.1) is 0 Å². The van der Waals surface area contributed by atoms with Crippen LogP contribution in [0, 0.1) is 0 Å². The van der Waals surface area contributed by atoms with Crippen LogP contribution in [0.1, 0.15) is 31.1 Å². The Morgan fingerprint density at radius 1 is 1.44 bits per heavy atom. The molecule has 0 aliphatic rings. The number of carbonyl (C=O) groups is 2. The Kier molecular flexibility index (Phi) is 7.38. The molecule has 0 radical (unpaired) electrons. The van der Waals surface area contributed by atoms with E-state index < -0.39 is 24.0 Å². The first-order valence-electron chi connectivity index (χ1n) is 7.80. The summed E-state index contributed by atoms with van der Waals surface area (Å²) in [4.78, 5) is 27.6. The molecule has 0 aromatic heterocycles. The van der Waals surface area contributed by atoms with Crippen LogP contribution in [0.4, 0.5) is 0 Å². The number of thiol groups is 1. The number of amides is 1. The third-order valence-electron chi connectivity index (χ3n) is 3.20. The molecule has 4 N–H and O–H groups in total. The van der Waals surface area contributed by atoms with E-state index in [1.165, 1.54) is 0 Å². The van der Waals surface area contributed by atoms with Crippen LogP contribution in [0.3, 0.4) is 0 Å². The Morgan fingerprint density at radius 2 is 2.08 bits per heavy atom. The van der Waals surface area contributed by atoms with Gasteiger partial charge in [-0.05, 0) is 43.3 Å². The summed E-state index contributed by atoms with van der Waals surface area (Å²) in [5, 5.41) is 12.8. The standard InChI is InChI=1S/C18H25N3O3S/c1-11-5-6-12(16(22)21-15(10-25)17(23)24)7-13(11)8-14(19)9-20-18(2,3)4/h5-9,14-15,25H,1,10,19H2,2-4H3,(H,21,22)(H,23,24)/b13-8-,20-9-. The van der Waals surface area contributed by atoms with Gasteiger partial charge in [-0.1, -0.05) is 18.7 Å². The number of hydrogen-bond donors (Lipinski definition) is 4. The number of carboxylic acids is 1. The molecule has 0 aliphatic carbocycles. The molecule has 1 amide bonds. The van der Waals surface area contributed by atoms with Crippen LogP contribution in [0.25, 0.3) is 12.7 Å². The second-order valence-corrected chi connectivity index (χ2v) is 7.02. The van der Waals surface area contributed by atoms with Gasteiger partial charge in [0.15, 0.2) is 0 Å². The number of carboxylic acid groups (broad SMARTS) is 1. The van der Waals surface area contributed by atoms with Crippen molar-refractivity contribution in [2.45, 2.75) is 38.4 Å². The van der Waals surface area contributed by atoms with Gasteiger partial charge in [0.25, 0.3) is 5.91 Å². The first-order chi connectivity index (χ1) is 11.5. The van der Waals surface area contributed by atoms with E-state index in [1.54, 1.807) is 30.5 Å². The van der Waals surface area contributed by atoms with Crippen LogP contribution in [0.2, 0.25) is 0 Å². The number of hydrogen-bond acceptors (Lipinski definition) is 5. The number of aliphatic carboxylic acids is 1. The van der Waals surface area contributed by atoms with E-state index in [4.69, 9.17) is 10.8 Å². The molecule has 6 nitrogen and oxygen atoms in total. The highest BCUT2D eigenvalue weighted by Crippen LogP contribution is 2.04. The fourth-order valence-corrected chi connectivity index (χ4v) is 2.13. The molecule has 0 aliphatic heterocycles. The molecule has 7 heteroatoms. The summed E-state index contributed by atoms with van der Waals surface area (Å²) in [6.45, 7) is 9.82. The molecule has 25 heavy (non-hydrogen) atoms. The van der Waals surface area contributed by atoms with Gasteiger partial charge in [0.05, 0.1) is 11.6 Å². The van der Waals surface area contributed by atoms with E-state index in [0.717, 1.165) is 0 Å². The van der Waals surface area contributed by atoms with Gasteiger partial charge in [0.1, 0.15) is 6.04 Å². The van der Waals surface area contributed by atoms with Crippen molar-refractivity contribution in [2.75, 3.05) is 5.75 Å². The minimum Gasteiger partial charge on any atom is -0.480 e. The lowest BCUT2D eigenvalue weighted by Gasteiger charge is -2.12. The maximum Gasteiger partial charge on any atom is 0.327 e. The zero-order valence-electron chi connectivity index (χ0n) is 14.7. The predicted octanol–water partition coefficient (Wildman–Crippen LogP) is 0.187. The molecule has 0 saturated heterocycles. The van der Waals surface area contributed by atoms with Gasteiger partial charge in [-0.25, -0.2) is 4.79 Å². The fourth-order valence-electron chi connectivity index (χ4n) is 1.88. The molecular formula is C18H25N3O3S. The van der Waals surface area contributed by atoms with Crippen LogP contribution in [-0.4, -0.2) is 46.6 Å². The molecule has 1 rings (SSSR count). The van der Waals surface area contributed by atoms with Gasteiger partial charge in [-0.2, -0.15) is 12.6 Å². The summed E-state index contributed by atoms with van der Waals surface area (Å²) in [7, 11) is 0. The van der Waals surface area contributed by atoms with Crippen LogP contribution >= 0.6 is 12.6 Å². The van der Waals surface area contributed by atoms with Crippen molar-refractivity contribution in [3.05, 3.63) is 34.2 Å². The normalized spacial score (nSPS) is 15.2. The van der Waals surface area contributed by atoms with Crippen molar-refractivity contribution in [1.82, 2.24) is 5.32 Å². The maximum absolute atomic E-state index is 12.2. The lowest BCUT2D eigenvalue weighted by Crippen LogP contribution is -2.42. The lowest BCUT2D eigenvalue weighted by molar-refractivity contribution is -0.138. The van der Waals surface area contributed by atoms with Crippen molar-refractivity contribution in [1.29, 1.82) is 0 Å². The highest BCUT2D eigenvalue weighted by Gasteiger charge is 2.18. The number of aliphatic imine (C=N–C) groups is 1. The summed E-state index contributed by atoms with van der Waals surface area (Å²) in [6.07, 6.45) is 3.40. The molecule has 0 bridgehead atoms. The Bertz CT molecular complexity index is 769. The van der Waals surface area contributed by atoms with Gasteiger partial charge < -0.3 is 16.2 Å². The minimum absolute atomic E-state index is 0.00160. The maximum atomic E-state index is 12.2. The third-order valence-corrected chi connectivity index (χ3v) is 3.57. The van der Waals surface area contributed by atoms with Gasteiger partial charge in [0.2, 0.25) is 0 Å². The topological polar surface area (TPSA) is 105 Å². The average molecular weight is 363 g/mol. The number of carbonyl (C=O) groups excluding carboxylic acids is 1. The molecule has 1 aromatic rings. The zero-order valence-corrected chi connectivity index (χ0v) is 15.6. The Hall–Kier alpha value is -2.12. The molecule has 0 saturated carbocycles. The summed E-state index contributed by atoms with van der Waals surface area (Å²) in [5.74, 6) is -1.63.